The molecule has 0 bridgehead atoms. The number of nitrogens with zero attached hydrogens (tertiary/aromatic N) is 4. The molecule has 6 nitrogen and oxygen atoms in total. The van der Waals surface area contributed by atoms with E-state index in [9.17, 15) is 0 Å². The number of anilines is 6. The van der Waals surface area contributed by atoms with Gasteiger partial charge in [-0.1, -0.05) is 97.1 Å². The van der Waals surface area contributed by atoms with Crippen LogP contribution in [0.2, 0.25) is 0 Å². The van der Waals surface area contributed by atoms with Crippen molar-refractivity contribution in [3.63, 3.8) is 0 Å². The van der Waals surface area contributed by atoms with Crippen molar-refractivity contribution in [2.45, 2.75) is 0 Å². The van der Waals surface area contributed by atoms with Crippen LogP contribution in [-0.4, -0.2) is 16.7 Å². The molecule has 11 rings (SSSR count). The second kappa shape index (κ2) is 11.7. The molecular formula is C46H29BN4O2. The number of rotatable bonds is 5. The summed E-state index contributed by atoms with van der Waals surface area (Å²) in [4.78, 5) is 15.0. The number of aromatic nitrogens is 2. The standard InChI is InChI=1S/C46H29BN4O2/c1-4-14-31(15-5-1)50-38-23-13-24-39-44(38)47(37-29-48-43(27-40(37)50)52-33-18-8-3-9-19-33)46-41(51(39)32-16-6-2-7-17-32)26-30(28-49-46)34-21-12-22-36-35-20-10-11-25-42(35)53-45(34)36/h1-29H. The van der Waals surface area contributed by atoms with Gasteiger partial charge in [0.15, 0.2) is 0 Å². The lowest BCUT2D eigenvalue weighted by Gasteiger charge is -2.43. The van der Waals surface area contributed by atoms with Gasteiger partial charge in [0.25, 0.3) is 6.71 Å². The van der Waals surface area contributed by atoms with Gasteiger partial charge in [-0.2, -0.15) is 0 Å². The van der Waals surface area contributed by atoms with E-state index in [-0.39, 0.29) is 6.71 Å². The number of hydrogen-bond acceptors (Lipinski definition) is 6. The molecule has 0 aliphatic carbocycles. The number of pyridine rings is 2. The molecule has 2 aliphatic heterocycles. The van der Waals surface area contributed by atoms with Gasteiger partial charge in [-0.05, 0) is 71.6 Å². The minimum Gasteiger partial charge on any atom is -0.455 e. The minimum atomic E-state index is -0.180. The van der Waals surface area contributed by atoms with Crippen molar-refractivity contribution in [2.24, 2.45) is 0 Å². The van der Waals surface area contributed by atoms with Crippen molar-refractivity contribution in [3.8, 4) is 22.8 Å². The van der Waals surface area contributed by atoms with Crippen LogP contribution in [0.5, 0.6) is 11.6 Å². The maximum Gasteiger partial charge on any atom is 0.277 e. The Morgan fingerprint density at radius 2 is 1.17 bits per heavy atom. The summed E-state index contributed by atoms with van der Waals surface area (Å²) in [5.41, 5.74) is 13.2. The van der Waals surface area contributed by atoms with Crippen LogP contribution in [0.4, 0.5) is 34.1 Å². The van der Waals surface area contributed by atoms with E-state index < -0.39 is 0 Å². The lowest BCUT2D eigenvalue weighted by atomic mass is 9.35. The van der Waals surface area contributed by atoms with E-state index in [1.807, 2.05) is 54.9 Å². The monoisotopic (exact) mass is 680 g/mol. The Kier molecular flexibility index (Phi) is 6.54. The molecule has 0 atom stereocenters. The molecule has 0 spiro atoms. The normalized spacial score (nSPS) is 12.8. The predicted molar refractivity (Wildman–Crippen MR) is 215 cm³/mol. The smallest absolute Gasteiger partial charge is 0.277 e. The molecule has 53 heavy (non-hydrogen) atoms. The molecule has 248 valence electrons. The highest BCUT2D eigenvalue weighted by molar-refractivity contribution is 6.99. The highest BCUT2D eigenvalue weighted by Gasteiger charge is 2.44. The highest BCUT2D eigenvalue weighted by Crippen LogP contribution is 2.45. The van der Waals surface area contributed by atoms with Gasteiger partial charge in [0, 0.05) is 74.4 Å². The summed E-state index contributed by atoms with van der Waals surface area (Å²) < 4.78 is 12.8. The zero-order valence-corrected chi connectivity index (χ0v) is 28.4. The maximum atomic E-state index is 6.50. The minimum absolute atomic E-state index is 0.180. The van der Waals surface area contributed by atoms with Crippen molar-refractivity contribution >= 4 is 79.3 Å². The fraction of sp³-hybridized carbons (Fsp3) is 0. The average Bonchev–Trinajstić information content (AvgIpc) is 3.61. The van der Waals surface area contributed by atoms with E-state index in [1.54, 1.807) is 0 Å². The van der Waals surface area contributed by atoms with Gasteiger partial charge in [-0.15, -0.1) is 0 Å². The summed E-state index contributed by atoms with van der Waals surface area (Å²) in [6.07, 6.45) is 3.97. The Morgan fingerprint density at radius 3 is 1.92 bits per heavy atom. The Balaban J connectivity index is 1.16. The van der Waals surface area contributed by atoms with Gasteiger partial charge >= 0.3 is 0 Å². The second-order valence-corrected chi connectivity index (χ2v) is 13.4. The first-order valence-electron chi connectivity index (χ1n) is 17.8. The maximum absolute atomic E-state index is 6.50. The fourth-order valence-corrected chi connectivity index (χ4v) is 8.14. The third-order valence-electron chi connectivity index (χ3n) is 10.4. The summed E-state index contributed by atoms with van der Waals surface area (Å²) in [6, 6.07) is 56.4. The molecule has 0 saturated carbocycles. The third-order valence-corrected chi connectivity index (χ3v) is 10.4. The molecule has 5 heterocycles. The summed E-state index contributed by atoms with van der Waals surface area (Å²) in [5, 5.41) is 2.19. The highest BCUT2D eigenvalue weighted by atomic mass is 16.5. The van der Waals surface area contributed by atoms with Gasteiger partial charge < -0.3 is 19.0 Å². The van der Waals surface area contributed by atoms with Gasteiger partial charge in [0.05, 0.1) is 5.69 Å². The van der Waals surface area contributed by atoms with Gasteiger partial charge in [0.1, 0.15) is 16.9 Å². The molecule has 0 saturated heterocycles. The lowest BCUT2D eigenvalue weighted by Crippen LogP contribution is -2.62. The van der Waals surface area contributed by atoms with Crippen LogP contribution in [0.3, 0.4) is 0 Å². The number of benzene rings is 6. The molecule has 0 radical (unpaired) electrons. The van der Waals surface area contributed by atoms with E-state index in [1.165, 1.54) is 5.46 Å². The number of furan rings is 1. The van der Waals surface area contributed by atoms with Crippen LogP contribution in [0.1, 0.15) is 0 Å². The van der Waals surface area contributed by atoms with Crippen molar-refractivity contribution < 1.29 is 9.15 Å². The summed E-state index contributed by atoms with van der Waals surface area (Å²) >= 11 is 0. The topological polar surface area (TPSA) is 54.6 Å². The Morgan fingerprint density at radius 1 is 0.528 bits per heavy atom. The van der Waals surface area contributed by atoms with E-state index >= 15 is 0 Å². The van der Waals surface area contributed by atoms with Gasteiger partial charge in [-0.3, -0.25) is 4.98 Å². The van der Waals surface area contributed by atoms with Crippen LogP contribution >= 0.6 is 0 Å². The van der Waals surface area contributed by atoms with Crippen LogP contribution < -0.4 is 31.1 Å². The molecule has 9 aromatic rings. The van der Waals surface area contributed by atoms with Gasteiger partial charge in [-0.25, -0.2) is 4.98 Å². The van der Waals surface area contributed by atoms with Gasteiger partial charge in [0.2, 0.25) is 5.88 Å². The first-order valence-corrected chi connectivity index (χ1v) is 17.8. The van der Waals surface area contributed by atoms with Crippen molar-refractivity contribution in [3.05, 3.63) is 176 Å². The molecule has 0 unspecified atom stereocenters. The summed E-state index contributed by atoms with van der Waals surface area (Å²) in [6.45, 7) is -0.180. The van der Waals surface area contributed by atoms with Crippen molar-refractivity contribution in [2.75, 3.05) is 9.80 Å². The van der Waals surface area contributed by atoms with Crippen LogP contribution in [0.15, 0.2) is 181 Å². The average molecular weight is 681 g/mol. The molecule has 2 aliphatic rings. The second-order valence-electron chi connectivity index (χ2n) is 13.4. The zero-order valence-electron chi connectivity index (χ0n) is 28.4. The predicted octanol–water partition coefficient (Wildman–Crippen LogP) is 9.92. The van der Waals surface area contributed by atoms with E-state index in [2.05, 4.69) is 131 Å². The number of ether oxygens (including phenoxy) is 1. The Labute approximate surface area is 306 Å². The van der Waals surface area contributed by atoms with Crippen LogP contribution in [0, 0.1) is 0 Å². The SMILES string of the molecule is c1ccc(Oc2cc3c(cn2)B2c4ncc(-c5cccc6c5oc5ccccc56)cc4N(c4ccccc4)c4cccc(c42)N3c2ccccc2)cc1. The molecule has 3 aromatic heterocycles. The molecular weight excluding hydrogens is 651 g/mol. The number of fused-ring (bicyclic) bond motifs is 7. The Hall–Kier alpha value is -7.12. The molecule has 0 fully saturated rings. The van der Waals surface area contributed by atoms with Crippen LogP contribution in [0.25, 0.3) is 33.1 Å². The number of para-hydroxylation sites is 5. The third kappa shape index (κ3) is 4.61. The zero-order chi connectivity index (χ0) is 34.9. The molecule has 0 amide bonds. The molecule has 0 N–H and O–H groups in total. The van der Waals surface area contributed by atoms with E-state index in [0.717, 1.165) is 84.0 Å². The van der Waals surface area contributed by atoms with E-state index in [4.69, 9.17) is 19.1 Å². The molecule has 6 aromatic carbocycles. The summed E-state index contributed by atoms with van der Waals surface area (Å²) in [5.74, 6) is 1.26. The summed E-state index contributed by atoms with van der Waals surface area (Å²) in [7, 11) is 0. The Bertz CT molecular complexity index is 2840. The quantitative estimate of drug-likeness (QED) is 0.169. The first-order chi connectivity index (χ1) is 26.3. The van der Waals surface area contributed by atoms with Crippen LogP contribution in [-0.2, 0) is 0 Å². The largest absolute Gasteiger partial charge is 0.455 e. The van der Waals surface area contributed by atoms with Crippen molar-refractivity contribution in [1.29, 1.82) is 0 Å². The lowest BCUT2D eigenvalue weighted by molar-refractivity contribution is 0.463. The fourth-order valence-electron chi connectivity index (χ4n) is 8.14. The van der Waals surface area contributed by atoms with E-state index in [0.29, 0.717) is 5.88 Å². The molecule has 7 heteroatoms. The first kappa shape index (κ1) is 29.6. The van der Waals surface area contributed by atoms with Crippen molar-refractivity contribution in [1.82, 2.24) is 9.97 Å². The number of hydrogen-bond donors (Lipinski definition) is 0.